The molecule has 0 atom stereocenters. The van der Waals surface area contributed by atoms with E-state index in [1.54, 1.807) is 27.8 Å². The SMILES string of the molecule is O=C(NCCc1cscn1)C1CCN(C(=O)c2cccc(F)c2)CC1. The standard InChI is InChI=1S/C18H20FN3O2S/c19-15-3-1-2-14(10-15)18(24)22-8-5-13(6-9-22)17(23)20-7-4-16-11-25-12-21-16/h1-3,10-13H,4-9H2,(H,20,23). The molecule has 1 aromatic heterocycles. The van der Waals surface area contributed by atoms with Gasteiger partial charge in [-0.1, -0.05) is 6.07 Å². The number of carbonyl (C=O) groups is 2. The lowest BCUT2D eigenvalue weighted by atomic mass is 9.95. The molecule has 2 amide bonds. The van der Waals surface area contributed by atoms with Gasteiger partial charge < -0.3 is 10.2 Å². The Kier molecular flexibility index (Phi) is 5.75. The Balaban J connectivity index is 1.44. The van der Waals surface area contributed by atoms with E-state index in [2.05, 4.69) is 10.3 Å². The zero-order chi connectivity index (χ0) is 17.6. The highest BCUT2D eigenvalue weighted by atomic mass is 32.1. The molecule has 1 fully saturated rings. The van der Waals surface area contributed by atoms with Crippen molar-refractivity contribution in [3.05, 3.63) is 52.2 Å². The molecule has 0 radical (unpaired) electrons. The molecule has 25 heavy (non-hydrogen) atoms. The number of hydrogen-bond donors (Lipinski definition) is 1. The molecule has 7 heteroatoms. The molecule has 1 aromatic carbocycles. The van der Waals surface area contributed by atoms with E-state index in [1.807, 2.05) is 5.38 Å². The third-order valence-electron chi connectivity index (χ3n) is 4.39. The maximum absolute atomic E-state index is 13.3. The Morgan fingerprint density at radius 1 is 1.32 bits per heavy atom. The Hall–Kier alpha value is -2.28. The number of halogens is 1. The summed E-state index contributed by atoms with van der Waals surface area (Å²) in [7, 11) is 0. The number of nitrogens with one attached hydrogen (secondary N) is 1. The first-order valence-electron chi connectivity index (χ1n) is 8.33. The second-order valence-corrected chi connectivity index (χ2v) is 6.82. The monoisotopic (exact) mass is 361 g/mol. The predicted molar refractivity (Wildman–Crippen MR) is 93.9 cm³/mol. The molecule has 1 aliphatic rings. The lowest BCUT2D eigenvalue weighted by molar-refractivity contribution is -0.126. The van der Waals surface area contributed by atoms with Crippen molar-refractivity contribution < 1.29 is 14.0 Å². The van der Waals surface area contributed by atoms with Gasteiger partial charge in [0.1, 0.15) is 5.82 Å². The molecule has 0 unspecified atom stereocenters. The van der Waals surface area contributed by atoms with Crippen molar-refractivity contribution in [3.63, 3.8) is 0 Å². The zero-order valence-electron chi connectivity index (χ0n) is 13.8. The minimum absolute atomic E-state index is 0.0353. The minimum atomic E-state index is -0.416. The lowest BCUT2D eigenvalue weighted by Crippen LogP contribution is -2.43. The van der Waals surface area contributed by atoms with Crippen LogP contribution in [0.3, 0.4) is 0 Å². The van der Waals surface area contributed by atoms with Crippen molar-refractivity contribution in [2.24, 2.45) is 5.92 Å². The van der Waals surface area contributed by atoms with Gasteiger partial charge in [0, 0.05) is 42.9 Å². The summed E-state index contributed by atoms with van der Waals surface area (Å²) >= 11 is 1.54. The van der Waals surface area contributed by atoms with Crippen LogP contribution in [0.25, 0.3) is 0 Å². The fourth-order valence-electron chi connectivity index (χ4n) is 2.97. The highest BCUT2D eigenvalue weighted by Crippen LogP contribution is 2.19. The average Bonchev–Trinajstić information content (AvgIpc) is 3.14. The minimum Gasteiger partial charge on any atom is -0.355 e. The molecular formula is C18H20FN3O2S. The summed E-state index contributed by atoms with van der Waals surface area (Å²) < 4.78 is 13.3. The molecule has 1 N–H and O–H groups in total. The number of likely N-dealkylation sites (tertiary alicyclic amines) is 1. The Morgan fingerprint density at radius 3 is 2.80 bits per heavy atom. The van der Waals surface area contributed by atoms with Crippen molar-refractivity contribution in [2.75, 3.05) is 19.6 Å². The summed E-state index contributed by atoms with van der Waals surface area (Å²) in [5.41, 5.74) is 3.12. The van der Waals surface area contributed by atoms with Crippen molar-refractivity contribution in [1.82, 2.24) is 15.2 Å². The van der Waals surface area contributed by atoms with E-state index >= 15 is 0 Å². The fraction of sp³-hybridized carbons (Fsp3) is 0.389. The molecule has 0 aliphatic carbocycles. The topological polar surface area (TPSA) is 62.3 Å². The molecule has 2 aromatic rings. The second-order valence-electron chi connectivity index (χ2n) is 6.10. The van der Waals surface area contributed by atoms with Gasteiger partial charge in [-0.3, -0.25) is 9.59 Å². The lowest BCUT2D eigenvalue weighted by Gasteiger charge is -2.31. The van der Waals surface area contributed by atoms with Crippen LogP contribution in [0.2, 0.25) is 0 Å². The van der Waals surface area contributed by atoms with Gasteiger partial charge in [-0.2, -0.15) is 0 Å². The fourth-order valence-corrected chi connectivity index (χ4v) is 3.56. The van der Waals surface area contributed by atoms with E-state index in [4.69, 9.17) is 0 Å². The summed E-state index contributed by atoms with van der Waals surface area (Å²) in [6.07, 6.45) is 1.99. The maximum atomic E-state index is 13.3. The van der Waals surface area contributed by atoms with Gasteiger partial charge in [-0.25, -0.2) is 9.37 Å². The largest absolute Gasteiger partial charge is 0.355 e. The molecule has 0 bridgehead atoms. The normalized spacial score (nSPS) is 15.2. The molecule has 1 aliphatic heterocycles. The van der Waals surface area contributed by atoms with Crippen LogP contribution in [-0.2, 0) is 11.2 Å². The Morgan fingerprint density at radius 2 is 2.12 bits per heavy atom. The first-order chi connectivity index (χ1) is 12.1. The van der Waals surface area contributed by atoms with E-state index in [0.29, 0.717) is 38.0 Å². The van der Waals surface area contributed by atoms with Crippen molar-refractivity contribution in [3.8, 4) is 0 Å². The van der Waals surface area contributed by atoms with Crippen molar-refractivity contribution >= 4 is 23.2 Å². The number of piperidine rings is 1. The van der Waals surface area contributed by atoms with Gasteiger partial charge in [-0.15, -0.1) is 11.3 Å². The number of benzene rings is 1. The van der Waals surface area contributed by atoms with Crippen LogP contribution in [0.1, 0.15) is 28.9 Å². The van der Waals surface area contributed by atoms with Crippen molar-refractivity contribution in [1.29, 1.82) is 0 Å². The molecule has 5 nitrogen and oxygen atoms in total. The molecule has 1 saturated heterocycles. The molecular weight excluding hydrogens is 341 g/mol. The first kappa shape index (κ1) is 17.5. The van der Waals surface area contributed by atoms with Crippen LogP contribution in [0.5, 0.6) is 0 Å². The van der Waals surface area contributed by atoms with Gasteiger partial charge in [0.15, 0.2) is 0 Å². The molecule has 0 saturated carbocycles. The van der Waals surface area contributed by atoms with E-state index in [9.17, 15) is 14.0 Å². The number of carbonyl (C=O) groups excluding carboxylic acids is 2. The van der Waals surface area contributed by atoms with Crippen molar-refractivity contribution in [2.45, 2.75) is 19.3 Å². The van der Waals surface area contributed by atoms with Gasteiger partial charge in [0.05, 0.1) is 11.2 Å². The number of amides is 2. The number of aromatic nitrogens is 1. The van der Waals surface area contributed by atoms with Gasteiger partial charge in [0.25, 0.3) is 5.91 Å². The van der Waals surface area contributed by atoms with Crippen LogP contribution in [0, 0.1) is 11.7 Å². The maximum Gasteiger partial charge on any atom is 0.253 e. The van der Waals surface area contributed by atoms with Gasteiger partial charge >= 0.3 is 0 Å². The van der Waals surface area contributed by atoms with E-state index in [-0.39, 0.29) is 17.7 Å². The van der Waals surface area contributed by atoms with Crippen LogP contribution in [-0.4, -0.2) is 41.3 Å². The van der Waals surface area contributed by atoms with Gasteiger partial charge in [0.2, 0.25) is 5.91 Å². The number of hydrogen-bond acceptors (Lipinski definition) is 4. The third kappa shape index (κ3) is 4.63. The smallest absolute Gasteiger partial charge is 0.253 e. The quantitative estimate of drug-likeness (QED) is 0.890. The zero-order valence-corrected chi connectivity index (χ0v) is 14.6. The average molecular weight is 361 g/mol. The third-order valence-corrected chi connectivity index (χ3v) is 5.02. The van der Waals surface area contributed by atoms with E-state index in [1.165, 1.54) is 18.2 Å². The van der Waals surface area contributed by atoms with E-state index < -0.39 is 5.82 Å². The summed E-state index contributed by atoms with van der Waals surface area (Å²) in [5, 5.41) is 4.92. The molecule has 2 heterocycles. The van der Waals surface area contributed by atoms with E-state index in [0.717, 1.165) is 12.1 Å². The molecule has 3 rings (SSSR count). The summed E-state index contributed by atoms with van der Waals surface area (Å²) in [6.45, 7) is 1.60. The number of rotatable bonds is 5. The second kappa shape index (κ2) is 8.20. The molecule has 0 spiro atoms. The number of nitrogens with zero attached hydrogens (tertiary/aromatic N) is 2. The predicted octanol–water partition coefficient (Wildman–Crippen LogP) is 2.49. The summed E-state index contributed by atoms with van der Waals surface area (Å²) in [4.78, 5) is 30.5. The van der Waals surface area contributed by atoms with Crippen LogP contribution >= 0.6 is 11.3 Å². The van der Waals surface area contributed by atoms with Crippen LogP contribution in [0.15, 0.2) is 35.2 Å². The van der Waals surface area contributed by atoms with Gasteiger partial charge in [-0.05, 0) is 31.0 Å². The number of thiazole rings is 1. The van der Waals surface area contributed by atoms with Crippen LogP contribution in [0.4, 0.5) is 4.39 Å². The highest BCUT2D eigenvalue weighted by molar-refractivity contribution is 7.07. The summed E-state index contributed by atoms with van der Waals surface area (Å²) in [5.74, 6) is -0.637. The van der Waals surface area contributed by atoms with Crippen LogP contribution < -0.4 is 5.32 Å². The first-order valence-corrected chi connectivity index (χ1v) is 9.27. The Bertz CT molecular complexity index is 728. The summed E-state index contributed by atoms with van der Waals surface area (Å²) in [6, 6.07) is 5.71. The Labute approximate surface area is 149 Å². The molecule has 132 valence electrons. The highest BCUT2D eigenvalue weighted by Gasteiger charge is 2.27.